The van der Waals surface area contributed by atoms with Crippen molar-refractivity contribution < 1.29 is 80.2 Å². The highest BCUT2D eigenvalue weighted by Crippen LogP contribution is 2.45. The molecule has 0 bridgehead atoms. The van der Waals surface area contributed by atoms with E-state index in [0.717, 1.165) is 108 Å². The predicted octanol–water partition coefficient (Wildman–Crippen LogP) is 25.1. The number of carbonyl (C=O) groups is 4. The van der Waals surface area contributed by atoms with Gasteiger partial charge in [-0.3, -0.25) is 37.3 Å². The number of unbranched alkanes of at least 4 members (excludes halogenated alkanes) is 51. The zero-order chi connectivity index (χ0) is 74.9. The Morgan fingerprint density at radius 1 is 0.284 bits per heavy atom. The van der Waals surface area contributed by atoms with Gasteiger partial charge in [-0.2, -0.15) is 0 Å². The molecule has 0 aliphatic rings. The van der Waals surface area contributed by atoms with Crippen LogP contribution < -0.4 is 0 Å². The van der Waals surface area contributed by atoms with Crippen molar-refractivity contribution in [2.24, 2.45) is 11.8 Å². The molecule has 0 saturated carbocycles. The van der Waals surface area contributed by atoms with E-state index in [-0.39, 0.29) is 25.7 Å². The largest absolute Gasteiger partial charge is 0.472 e. The van der Waals surface area contributed by atoms with E-state index in [0.29, 0.717) is 25.7 Å². The first kappa shape index (κ1) is 100. The van der Waals surface area contributed by atoms with Crippen LogP contribution in [0, 0.1) is 11.8 Å². The summed E-state index contributed by atoms with van der Waals surface area (Å²) >= 11 is 0. The van der Waals surface area contributed by atoms with E-state index in [2.05, 4.69) is 41.5 Å². The lowest BCUT2D eigenvalue weighted by atomic mass is 10.00. The fourth-order valence-electron chi connectivity index (χ4n) is 12.9. The molecule has 19 heteroatoms. The summed E-state index contributed by atoms with van der Waals surface area (Å²) in [7, 11) is -9.92. The number of phosphoric acid groups is 2. The molecule has 0 spiro atoms. The third kappa shape index (κ3) is 74.9. The standard InChI is InChI=1S/C83H162O17P2/c1-7-10-12-14-16-18-20-21-22-23-24-25-29-32-35-39-42-46-53-59-65-80(85)93-71-78(99-83(88)68-62-56-48-44-40-36-33-30-27-26-28-31-34-38-41-45-51-57-63-75(4)5)73-97-101(89,90)95-69-77(84)70-96-102(91,92)98-74-79(72-94-81(86)66-60-54-50-49-52-58-64-76(6)9-3)100-82(87)67-61-55-47-43-37-19-17-15-13-11-8-2/h75-79,84H,7-74H2,1-6H3,(H,89,90)(H,91,92)/t76?,77-,78-,79-/m1/s1. The normalized spacial score (nSPS) is 14.1. The molecule has 3 N–H and O–H groups in total. The first-order valence-corrected chi connectivity index (χ1v) is 46.0. The molecule has 17 nitrogen and oxygen atoms in total. The van der Waals surface area contributed by atoms with Crippen LogP contribution in [0.15, 0.2) is 0 Å². The lowest BCUT2D eigenvalue weighted by Crippen LogP contribution is -2.30. The quantitative estimate of drug-likeness (QED) is 0.0222. The molecule has 0 aliphatic heterocycles. The van der Waals surface area contributed by atoms with Gasteiger partial charge in [0, 0.05) is 25.7 Å². The Kier molecular flexibility index (Phi) is 73.1. The van der Waals surface area contributed by atoms with Gasteiger partial charge in [0.05, 0.1) is 26.4 Å². The Balaban J connectivity index is 5.19. The Hall–Kier alpha value is -1.94. The van der Waals surface area contributed by atoms with Crippen LogP contribution in [0.5, 0.6) is 0 Å². The van der Waals surface area contributed by atoms with Gasteiger partial charge in [0.25, 0.3) is 0 Å². The molecule has 6 atom stereocenters. The number of phosphoric ester groups is 2. The fraction of sp³-hybridized carbons (Fsp3) is 0.952. The molecular weight excluding hydrogens is 1330 g/mol. The summed E-state index contributed by atoms with van der Waals surface area (Å²) in [6.45, 7) is 9.63. The number of ether oxygens (including phenoxy) is 4. The van der Waals surface area contributed by atoms with Gasteiger partial charge in [-0.15, -0.1) is 0 Å². The summed E-state index contributed by atoms with van der Waals surface area (Å²) in [5, 5.41) is 10.6. The molecule has 0 amide bonds. The van der Waals surface area contributed by atoms with E-state index in [1.54, 1.807) is 0 Å². The Bertz CT molecular complexity index is 1960. The summed E-state index contributed by atoms with van der Waals surface area (Å²) in [6.07, 6.45) is 65.4. The van der Waals surface area contributed by atoms with Gasteiger partial charge in [0.2, 0.25) is 0 Å². The van der Waals surface area contributed by atoms with Gasteiger partial charge in [-0.1, -0.05) is 388 Å². The second-order valence-corrected chi connectivity index (χ2v) is 33.5. The average Bonchev–Trinajstić information content (AvgIpc) is 0.940. The highest BCUT2D eigenvalue weighted by Gasteiger charge is 2.30. The summed E-state index contributed by atoms with van der Waals surface area (Å²) in [5.41, 5.74) is 0. The molecule has 0 saturated heterocycles. The highest BCUT2D eigenvalue weighted by molar-refractivity contribution is 7.47. The van der Waals surface area contributed by atoms with Gasteiger partial charge in [-0.25, -0.2) is 9.13 Å². The smallest absolute Gasteiger partial charge is 0.462 e. The maximum absolute atomic E-state index is 13.1. The molecule has 0 aromatic carbocycles. The van der Waals surface area contributed by atoms with Crippen LogP contribution >= 0.6 is 15.6 Å². The summed E-state index contributed by atoms with van der Waals surface area (Å²) in [6, 6.07) is 0. The third-order valence-electron chi connectivity index (χ3n) is 19.8. The van der Waals surface area contributed by atoms with Crippen LogP contribution in [0.3, 0.4) is 0 Å². The molecule has 102 heavy (non-hydrogen) atoms. The van der Waals surface area contributed by atoms with Crippen molar-refractivity contribution in [1.29, 1.82) is 0 Å². The van der Waals surface area contributed by atoms with Crippen LogP contribution in [0.1, 0.15) is 440 Å². The van der Waals surface area contributed by atoms with Crippen LogP contribution in [0.4, 0.5) is 0 Å². The van der Waals surface area contributed by atoms with E-state index >= 15 is 0 Å². The monoisotopic (exact) mass is 1490 g/mol. The van der Waals surface area contributed by atoms with Crippen molar-refractivity contribution in [1.82, 2.24) is 0 Å². The van der Waals surface area contributed by atoms with Crippen molar-refractivity contribution in [3.8, 4) is 0 Å². The number of aliphatic hydroxyl groups excluding tert-OH is 1. The van der Waals surface area contributed by atoms with Crippen molar-refractivity contribution in [3.63, 3.8) is 0 Å². The second kappa shape index (κ2) is 74.5. The Morgan fingerprint density at radius 2 is 0.500 bits per heavy atom. The lowest BCUT2D eigenvalue weighted by molar-refractivity contribution is -0.161. The van der Waals surface area contributed by atoms with E-state index in [4.69, 9.17) is 37.0 Å². The van der Waals surface area contributed by atoms with Crippen molar-refractivity contribution in [2.45, 2.75) is 458 Å². The summed E-state index contributed by atoms with van der Waals surface area (Å²) < 4.78 is 68.7. The zero-order valence-corrected chi connectivity index (χ0v) is 68.7. The van der Waals surface area contributed by atoms with Gasteiger partial charge >= 0.3 is 39.5 Å². The molecule has 0 rings (SSSR count). The van der Waals surface area contributed by atoms with Crippen LogP contribution in [-0.4, -0.2) is 96.7 Å². The summed E-state index contributed by atoms with van der Waals surface area (Å²) in [5.74, 6) is -0.557. The topological polar surface area (TPSA) is 237 Å². The number of rotatable bonds is 82. The SMILES string of the molecule is CCCCCCCCCCCCCCCCCCCCCCC(=O)OC[C@H](COP(=O)(O)OC[C@@H](O)COP(=O)(O)OC[C@@H](COC(=O)CCCCCCCCC(C)CC)OC(=O)CCCCCCCCCCCCC)OC(=O)CCCCCCCCCCCCCCCCCCCCC(C)C. The molecule has 606 valence electrons. The van der Waals surface area contributed by atoms with E-state index in [1.807, 2.05) is 0 Å². The highest BCUT2D eigenvalue weighted by atomic mass is 31.2. The van der Waals surface area contributed by atoms with Gasteiger partial charge in [-0.05, 0) is 37.5 Å². The van der Waals surface area contributed by atoms with E-state index < -0.39 is 97.5 Å². The minimum absolute atomic E-state index is 0.106. The minimum atomic E-state index is -4.96. The maximum Gasteiger partial charge on any atom is 0.472 e. The summed E-state index contributed by atoms with van der Waals surface area (Å²) in [4.78, 5) is 73.0. The van der Waals surface area contributed by atoms with Crippen molar-refractivity contribution >= 4 is 39.5 Å². The number of esters is 4. The van der Waals surface area contributed by atoms with E-state index in [9.17, 15) is 43.2 Å². The first-order chi connectivity index (χ1) is 49.4. The van der Waals surface area contributed by atoms with Crippen molar-refractivity contribution in [3.05, 3.63) is 0 Å². The lowest BCUT2D eigenvalue weighted by Gasteiger charge is -2.21. The number of hydrogen-bond acceptors (Lipinski definition) is 15. The van der Waals surface area contributed by atoms with Crippen LogP contribution in [0.25, 0.3) is 0 Å². The van der Waals surface area contributed by atoms with E-state index in [1.165, 1.54) is 250 Å². The fourth-order valence-corrected chi connectivity index (χ4v) is 14.4. The van der Waals surface area contributed by atoms with Crippen LogP contribution in [0.2, 0.25) is 0 Å². The maximum atomic E-state index is 13.1. The average molecular weight is 1490 g/mol. The van der Waals surface area contributed by atoms with Crippen molar-refractivity contribution in [2.75, 3.05) is 39.6 Å². The van der Waals surface area contributed by atoms with Gasteiger partial charge in [0.15, 0.2) is 12.2 Å². The molecule has 3 unspecified atom stereocenters. The zero-order valence-electron chi connectivity index (χ0n) is 66.9. The Labute approximate surface area is 626 Å². The van der Waals surface area contributed by atoms with Crippen LogP contribution in [-0.2, 0) is 65.4 Å². The number of carbonyl (C=O) groups excluding carboxylic acids is 4. The predicted molar refractivity (Wildman–Crippen MR) is 418 cm³/mol. The number of hydrogen-bond donors (Lipinski definition) is 3. The first-order valence-electron chi connectivity index (χ1n) is 43.0. The third-order valence-corrected chi connectivity index (χ3v) is 21.7. The second-order valence-electron chi connectivity index (χ2n) is 30.6. The van der Waals surface area contributed by atoms with Gasteiger partial charge in [0.1, 0.15) is 19.3 Å². The molecule has 0 heterocycles. The molecule has 0 radical (unpaired) electrons. The molecular formula is C83H162O17P2. The molecule has 0 aliphatic carbocycles. The number of aliphatic hydroxyl groups is 1. The minimum Gasteiger partial charge on any atom is -0.462 e. The molecule has 0 fully saturated rings. The Morgan fingerprint density at radius 3 is 0.745 bits per heavy atom. The van der Waals surface area contributed by atoms with Gasteiger partial charge < -0.3 is 33.8 Å². The molecule has 0 aromatic heterocycles. The molecule has 0 aromatic rings.